The second kappa shape index (κ2) is 6.32. The molecular formula is C13H19FN2O3S. The number of rotatable bonds is 6. The van der Waals surface area contributed by atoms with E-state index in [1.165, 1.54) is 12.1 Å². The van der Waals surface area contributed by atoms with E-state index in [2.05, 4.69) is 5.32 Å². The van der Waals surface area contributed by atoms with Gasteiger partial charge in [0.1, 0.15) is 10.7 Å². The number of sulfone groups is 1. The van der Waals surface area contributed by atoms with Crippen LogP contribution in [0.3, 0.4) is 0 Å². The maximum atomic E-state index is 13.8. The minimum Gasteiger partial charge on any atom is -0.368 e. The highest BCUT2D eigenvalue weighted by Crippen LogP contribution is 2.20. The highest BCUT2D eigenvalue weighted by atomic mass is 32.2. The highest BCUT2D eigenvalue weighted by Gasteiger charge is 2.19. The van der Waals surface area contributed by atoms with E-state index in [0.29, 0.717) is 12.0 Å². The molecule has 1 amide bonds. The Labute approximate surface area is 118 Å². The lowest BCUT2D eigenvalue weighted by Gasteiger charge is -2.20. The molecule has 112 valence electrons. The van der Waals surface area contributed by atoms with Crippen LogP contribution in [0.5, 0.6) is 0 Å². The van der Waals surface area contributed by atoms with Crippen molar-refractivity contribution in [2.45, 2.75) is 37.2 Å². The minimum atomic E-state index is -3.59. The summed E-state index contributed by atoms with van der Waals surface area (Å²) in [6.07, 6.45) is 1.47. The zero-order valence-electron chi connectivity index (χ0n) is 11.7. The van der Waals surface area contributed by atoms with E-state index >= 15 is 0 Å². The van der Waals surface area contributed by atoms with Crippen LogP contribution in [0.4, 0.5) is 4.39 Å². The summed E-state index contributed by atoms with van der Waals surface area (Å²) in [7, 11) is -3.59. The molecule has 3 N–H and O–H groups in total. The smallest absolute Gasteiger partial charge is 0.234 e. The monoisotopic (exact) mass is 302 g/mol. The molecule has 7 heteroatoms. The predicted molar refractivity (Wildman–Crippen MR) is 74.3 cm³/mol. The summed E-state index contributed by atoms with van der Waals surface area (Å²) >= 11 is 0. The first kappa shape index (κ1) is 16.6. The van der Waals surface area contributed by atoms with Gasteiger partial charge in [0.05, 0.1) is 6.04 Å². The molecule has 1 aromatic carbocycles. The summed E-state index contributed by atoms with van der Waals surface area (Å²) in [6.45, 7) is 3.56. The largest absolute Gasteiger partial charge is 0.368 e. The van der Waals surface area contributed by atoms with Crippen LogP contribution < -0.4 is 11.1 Å². The van der Waals surface area contributed by atoms with E-state index in [4.69, 9.17) is 5.73 Å². The molecule has 1 aromatic rings. The van der Waals surface area contributed by atoms with E-state index in [9.17, 15) is 17.6 Å². The van der Waals surface area contributed by atoms with Crippen molar-refractivity contribution in [1.29, 1.82) is 0 Å². The number of carbonyl (C=O) groups excluding carboxylic acids is 1. The number of nitrogens with two attached hydrogens (primary N) is 1. The molecule has 0 radical (unpaired) electrons. The number of hydrogen-bond donors (Lipinski definition) is 2. The Morgan fingerprint density at radius 3 is 2.45 bits per heavy atom. The van der Waals surface area contributed by atoms with Gasteiger partial charge >= 0.3 is 0 Å². The second-order valence-electron chi connectivity index (χ2n) is 4.71. The Kier molecular flexibility index (Phi) is 5.24. The molecule has 0 saturated carbocycles. The molecule has 20 heavy (non-hydrogen) atoms. The van der Waals surface area contributed by atoms with Crippen LogP contribution in [0.25, 0.3) is 0 Å². The van der Waals surface area contributed by atoms with E-state index in [-0.39, 0.29) is 10.9 Å². The number of amides is 1. The van der Waals surface area contributed by atoms with Gasteiger partial charge in [0.25, 0.3) is 0 Å². The third-order valence-corrected chi connectivity index (χ3v) is 4.19. The van der Waals surface area contributed by atoms with Crippen molar-refractivity contribution in [2.75, 3.05) is 6.26 Å². The number of hydrogen-bond acceptors (Lipinski definition) is 4. The molecule has 0 unspecified atom stereocenters. The lowest BCUT2D eigenvalue weighted by Crippen LogP contribution is -2.41. The van der Waals surface area contributed by atoms with Crippen molar-refractivity contribution < 1.29 is 17.6 Å². The first-order valence-corrected chi connectivity index (χ1v) is 8.10. The third-order valence-electron chi connectivity index (χ3n) is 3.06. The van der Waals surface area contributed by atoms with Crippen molar-refractivity contribution in [2.24, 2.45) is 5.73 Å². The maximum absolute atomic E-state index is 13.8. The summed E-state index contributed by atoms with van der Waals surface area (Å²) in [6, 6.07) is 3.06. The summed E-state index contributed by atoms with van der Waals surface area (Å²) in [5.41, 5.74) is 5.78. The fourth-order valence-electron chi connectivity index (χ4n) is 1.89. The van der Waals surface area contributed by atoms with Gasteiger partial charge in [0, 0.05) is 12.3 Å². The lowest BCUT2D eigenvalue weighted by atomic mass is 10.1. The van der Waals surface area contributed by atoms with E-state index < -0.39 is 27.6 Å². The molecule has 0 fully saturated rings. The summed E-state index contributed by atoms with van der Waals surface area (Å²) in [5, 5.41) is 2.98. The third kappa shape index (κ3) is 4.01. The zero-order valence-corrected chi connectivity index (χ0v) is 12.5. The molecular weight excluding hydrogens is 283 g/mol. The molecule has 0 aliphatic carbocycles. The van der Waals surface area contributed by atoms with Crippen molar-refractivity contribution >= 4 is 15.7 Å². The Morgan fingerprint density at radius 2 is 2.05 bits per heavy atom. The van der Waals surface area contributed by atoms with Gasteiger partial charge in [0.2, 0.25) is 5.91 Å². The molecule has 0 saturated heterocycles. The summed E-state index contributed by atoms with van der Waals surface area (Å²) < 4.78 is 36.4. The second-order valence-corrected chi connectivity index (χ2v) is 6.70. The molecule has 5 nitrogen and oxygen atoms in total. The SMILES string of the molecule is CC[C@@H](N[C@H](C)c1ccc(S(C)(=O)=O)c(F)c1)C(N)=O. The van der Waals surface area contributed by atoms with E-state index in [1.54, 1.807) is 6.92 Å². The Balaban J connectivity index is 2.99. The molecule has 0 aliphatic heterocycles. The van der Waals surface area contributed by atoms with Gasteiger partial charge in [0.15, 0.2) is 9.84 Å². The number of carbonyl (C=O) groups is 1. The van der Waals surface area contributed by atoms with Crippen LogP contribution in [0.2, 0.25) is 0 Å². The number of primary amides is 1. The van der Waals surface area contributed by atoms with E-state index in [1.807, 2.05) is 6.92 Å². The van der Waals surface area contributed by atoms with Crippen LogP contribution in [0, 0.1) is 5.82 Å². The lowest BCUT2D eigenvalue weighted by molar-refractivity contribution is -0.120. The molecule has 0 spiro atoms. The first-order valence-electron chi connectivity index (χ1n) is 6.21. The van der Waals surface area contributed by atoms with E-state index in [0.717, 1.165) is 12.3 Å². The van der Waals surface area contributed by atoms with Gasteiger partial charge < -0.3 is 5.73 Å². The van der Waals surface area contributed by atoms with Gasteiger partial charge in [-0.2, -0.15) is 0 Å². The van der Waals surface area contributed by atoms with Crippen LogP contribution in [-0.4, -0.2) is 26.6 Å². The minimum absolute atomic E-state index is 0.324. The highest BCUT2D eigenvalue weighted by molar-refractivity contribution is 7.90. The number of benzene rings is 1. The Hall–Kier alpha value is -1.47. The molecule has 0 heterocycles. The number of halogens is 1. The topological polar surface area (TPSA) is 89.3 Å². The Bertz CT molecular complexity index is 602. The fraction of sp³-hybridized carbons (Fsp3) is 0.462. The van der Waals surface area contributed by atoms with Gasteiger partial charge in [-0.1, -0.05) is 13.0 Å². The maximum Gasteiger partial charge on any atom is 0.234 e. The van der Waals surface area contributed by atoms with Crippen molar-refractivity contribution in [3.63, 3.8) is 0 Å². The average molecular weight is 302 g/mol. The van der Waals surface area contributed by atoms with Crippen LogP contribution >= 0.6 is 0 Å². The zero-order chi connectivity index (χ0) is 15.5. The summed E-state index contributed by atoms with van der Waals surface area (Å²) in [5.74, 6) is -1.28. The average Bonchev–Trinajstić information content (AvgIpc) is 2.33. The van der Waals surface area contributed by atoms with Gasteiger partial charge in [-0.3, -0.25) is 10.1 Å². The van der Waals surface area contributed by atoms with Crippen LogP contribution in [0.15, 0.2) is 23.1 Å². The first-order chi connectivity index (χ1) is 9.16. The quantitative estimate of drug-likeness (QED) is 0.824. The number of nitrogens with one attached hydrogen (secondary N) is 1. The standard InChI is InChI=1S/C13H19FN2O3S/c1-4-11(13(15)17)16-8(2)9-5-6-12(10(14)7-9)20(3,18)19/h5-8,11,16H,4H2,1-3H3,(H2,15,17)/t8-,11-/m1/s1. The molecule has 1 rings (SSSR count). The Morgan fingerprint density at radius 1 is 1.45 bits per heavy atom. The molecule has 0 aromatic heterocycles. The molecule has 0 bridgehead atoms. The summed E-state index contributed by atoms with van der Waals surface area (Å²) in [4.78, 5) is 10.8. The van der Waals surface area contributed by atoms with Crippen molar-refractivity contribution in [3.8, 4) is 0 Å². The predicted octanol–water partition coefficient (Wildman–Crippen LogP) is 1.14. The van der Waals surface area contributed by atoms with Gasteiger partial charge in [-0.05, 0) is 31.0 Å². The molecule has 2 atom stereocenters. The van der Waals surface area contributed by atoms with Crippen LogP contribution in [0.1, 0.15) is 31.9 Å². The van der Waals surface area contributed by atoms with Gasteiger partial charge in [-0.15, -0.1) is 0 Å². The van der Waals surface area contributed by atoms with Crippen LogP contribution in [-0.2, 0) is 14.6 Å². The van der Waals surface area contributed by atoms with Gasteiger partial charge in [-0.25, -0.2) is 12.8 Å². The fourth-order valence-corrected chi connectivity index (χ4v) is 2.61. The van der Waals surface area contributed by atoms with Crippen molar-refractivity contribution in [3.05, 3.63) is 29.6 Å². The normalized spacial score (nSPS) is 14.8. The molecule has 0 aliphatic rings. The van der Waals surface area contributed by atoms with Crippen molar-refractivity contribution in [1.82, 2.24) is 5.32 Å².